The molecule has 1 heterocycles. The van der Waals surface area contributed by atoms with Crippen molar-refractivity contribution in [2.24, 2.45) is 0 Å². The van der Waals surface area contributed by atoms with Crippen LogP contribution in [0.15, 0.2) is 36.2 Å². The highest BCUT2D eigenvalue weighted by Gasteiger charge is 1.98. The largest absolute Gasteiger partial charge is 0.365 e. The first-order valence-electron chi connectivity index (χ1n) is 4.07. The van der Waals surface area contributed by atoms with Crippen molar-refractivity contribution in [3.63, 3.8) is 0 Å². The zero-order valence-electron chi connectivity index (χ0n) is 7.04. The highest BCUT2D eigenvalue weighted by atomic mass is 14.8. The highest BCUT2D eigenvalue weighted by molar-refractivity contribution is 5.68. The van der Waals surface area contributed by atoms with Gasteiger partial charge in [0, 0.05) is 11.9 Å². The maximum Gasteiger partial charge on any atom is 0.0121 e. The lowest BCUT2D eigenvalue weighted by molar-refractivity contribution is 1.08. The van der Waals surface area contributed by atoms with Crippen molar-refractivity contribution >= 4 is 12.2 Å². The van der Waals surface area contributed by atoms with Gasteiger partial charge in [-0.25, -0.2) is 0 Å². The summed E-state index contributed by atoms with van der Waals surface area (Å²) in [7, 11) is 0. The minimum atomic E-state index is 1.18. The fourth-order valence-electron chi connectivity index (χ4n) is 1.33. The molecule has 1 aliphatic rings. The minimum Gasteiger partial charge on any atom is -0.365 e. The van der Waals surface area contributed by atoms with Crippen molar-refractivity contribution in [1.29, 1.82) is 0 Å². The van der Waals surface area contributed by atoms with E-state index in [2.05, 4.69) is 48.7 Å². The van der Waals surface area contributed by atoms with Gasteiger partial charge < -0.3 is 5.32 Å². The molecule has 0 aromatic heterocycles. The normalized spacial score (nSPS) is 14.2. The number of rotatable bonds is 0. The molecular formula is C11H11N. The van der Waals surface area contributed by atoms with Crippen LogP contribution in [-0.2, 0) is 0 Å². The summed E-state index contributed by atoms with van der Waals surface area (Å²) in [6.07, 6.45) is 6.20. The second-order valence-electron chi connectivity index (χ2n) is 2.93. The third-order valence-electron chi connectivity index (χ3n) is 1.94. The van der Waals surface area contributed by atoms with Crippen LogP contribution in [-0.4, -0.2) is 0 Å². The Hall–Kier alpha value is -1.50. The van der Waals surface area contributed by atoms with Crippen molar-refractivity contribution in [2.75, 3.05) is 0 Å². The molecule has 0 aliphatic carbocycles. The molecule has 0 bridgehead atoms. The van der Waals surface area contributed by atoms with Crippen molar-refractivity contribution in [3.05, 3.63) is 47.3 Å². The van der Waals surface area contributed by atoms with Gasteiger partial charge in [-0.05, 0) is 30.2 Å². The van der Waals surface area contributed by atoms with Gasteiger partial charge in [-0.1, -0.05) is 24.3 Å². The van der Waals surface area contributed by atoms with E-state index >= 15 is 0 Å². The van der Waals surface area contributed by atoms with Crippen LogP contribution >= 0.6 is 0 Å². The van der Waals surface area contributed by atoms with Crippen LogP contribution in [0.4, 0.5) is 0 Å². The molecule has 0 radical (unpaired) electrons. The van der Waals surface area contributed by atoms with E-state index < -0.39 is 0 Å². The summed E-state index contributed by atoms with van der Waals surface area (Å²) in [5.74, 6) is 0. The number of fused-ring (bicyclic) bond motifs is 1. The van der Waals surface area contributed by atoms with Crippen LogP contribution in [0.5, 0.6) is 0 Å². The second kappa shape index (κ2) is 2.86. The predicted molar refractivity (Wildman–Crippen MR) is 52.3 cm³/mol. The SMILES string of the molecule is CC1=Cc2ccccc2C=CN1. The Morgan fingerprint density at radius 3 is 2.67 bits per heavy atom. The van der Waals surface area contributed by atoms with E-state index in [1.807, 2.05) is 6.20 Å². The summed E-state index contributed by atoms with van der Waals surface area (Å²) < 4.78 is 0. The van der Waals surface area contributed by atoms with Crippen molar-refractivity contribution in [1.82, 2.24) is 5.32 Å². The highest BCUT2D eigenvalue weighted by Crippen LogP contribution is 2.15. The van der Waals surface area contributed by atoms with E-state index in [-0.39, 0.29) is 0 Å². The zero-order valence-corrected chi connectivity index (χ0v) is 7.04. The topological polar surface area (TPSA) is 12.0 Å². The van der Waals surface area contributed by atoms with Crippen molar-refractivity contribution < 1.29 is 0 Å². The molecule has 0 fully saturated rings. The molecule has 60 valence electrons. The molecule has 1 N–H and O–H groups in total. The number of nitrogens with one attached hydrogen (secondary N) is 1. The molecule has 1 nitrogen and oxygen atoms in total. The van der Waals surface area contributed by atoms with Crippen molar-refractivity contribution in [2.45, 2.75) is 6.92 Å². The van der Waals surface area contributed by atoms with Crippen LogP contribution in [0.3, 0.4) is 0 Å². The Balaban J connectivity index is 2.58. The second-order valence-corrected chi connectivity index (χ2v) is 2.93. The Morgan fingerprint density at radius 2 is 1.83 bits per heavy atom. The van der Waals surface area contributed by atoms with Crippen LogP contribution in [0, 0.1) is 0 Å². The predicted octanol–water partition coefficient (Wildman–Crippen LogP) is 2.62. The van der Waals surface area contributed by atoms with E-state index in [1.165, 1.54) is 16.8 Å². The molecule has 1 aliphatic heterocycles. The maximum absolute atomic E-state index is 3.17. The van der Waals surface area contributed by atoms with Gasteiger partial charge in [0.2, 0.25) is 0 Å². The minimum absolute atomic E-state index is 1.18. The molecule has 0 saturated carbocycles. The quantitative estimate of drug-likeness (QED) is 0.610. The van der Waals surface area contributed by atoms with Crippen LogP contribution in [0.25, 0.3) is 12.2 Å². The Labute approximate surface area is 72.4 Å². The summed E-state index contributed by atoms with van der Waals surface area (Å²) in [5, 5.41) is 3.17. The number of hydrogen-bond acceptors (Lipinski definition) is 1. The fraction of sp³-hybridized carbons (Fsp3) is 0.0909. The van der Waals surface area contributed by atoms with Gasteiger partial charge in [0.25, 0.3) is 0 Å². The average Bonchev–Trinajstić information content (AvgIpc) is 2.25. The third-order valence-corrected chi connectivity index (χ3v) is 1.94. The van der Waals surface area contributed by atoms with Crippen LogP contribution < -0.4 is 5.32 Å². The summed E-state index contributed by atoms with van der Waals surface area (Å²) in [6, 6.07) is 8.35. The lowest BCUT2D eigenvalue weighted by Crippen LogP contribution is -1.97. The average molecular weight is 157 g/mol. The Morgan fingerprint density at radius 1 is 1.08 bits per heavy atom. The van der Waals surface area contributed by atoms with Gasteiger partial charge in [-0.15, -0.1) is 0 Å². The van der Waals surface area contributed by atoms with Gasteiger partial charge >= 0.3 is 0 Å². The first-order valence-corrected chi connectivity index (χ1v) is 4.07. The molecule has 0 atom stereocenters. The van der Waals surface area contributed by atoms with E-state index in [4.69, 9.17) is 0 Å². The first kappa shape index (κ1) is 7.17. The lowest BCUT2D eigenvalue weighted by Gasteiger charge is -1.98. The summed E-state index contributed by atoms with van der Waals surface area (Å²) in [5.41, 5.74) is 3.72. The fourth-order valence-corrected chi connectivity index (χ4v) is 1.33. The standard InChI is InChI=1S/C11H11N/c1-9-8-11-5-3-2-4-10(11)6-7-12-9/h2-8,12H,1H3. The van der Waals surface area contributed by atoms with E-state index in [0.29, 0.717) is 0 Å². The molecule has 0 spiro atoms. The van der Waals surface area contributed by atoms with Crippen molar-refractivity contribution in [3.8, 4) is 0 Å². The summed E-state index contributed by atoms with van der Waals surface area (Å²) >= 11 is 0. The third kappa shape index (κ3) is 1.26. The van der Waals surface area contributed by atoms with E-state index in [0.717, 1.165) is 0 Å². The smallest absolute Gasteiger partial charge is 0.0121 e. The Bertz CT molecular complexity index is 348. The summed E-state index contributed by atoms with van der Waals surface area (Å²) in [6.45, 7) is 2.06. The van der Waals surface area contributed by atoms with Gasteiger partial charge in [-0.3, -0.25) is 0 Å². The molecule has 1 heteroatoms. The number of allylic oxidation sites excluding steroid dienone is 1. The summed E-state index contributed by atoms with van der Waals surface area (Å²) in [4.78, 5) is 0. The Kier molecular flexibility index (Phi) is 1.71. The van der Waals surface area contributed by atoms with Gasteiger partial charge in [0.15, 0.2) is 0 Å². The zero-order chi connectivity index (χ0) is 8.39. The number of hydrogen-bond donors (Lipinski definition) is 1. The van der Waals surface area contributed by atoms with Crippen LogP contribution in [0.2, 0.25) is 0 Å². The monoisotopic (exact) mass is 157 g/mol. The molecule has 0 unspecified atom stereocenters. The van der Waals surface area contributed by atoms with Gasteiger partial charge in [0.1, 0.15) is 0 Å². The molecular weight excluding hydrogens is 146 g/mol. The first-order chi connectivity index (χ1) is 5.86. The molecule has 12 heavy (non-hydrogen) atoms. The lowest BCUT2D eigenvalue weighted by atomic mass is 10.1. The maximum atomic E-state index is 3.17. The van der Waals surface area contributed by atoms with Gasteiger partial charge in [-0.2, -0.15) is 0 Å². The van der Waals surface area contributed by atoms with Gasteiger partial charge in [0.05, 0.1) is 0 Å². The molecule has 0 amide bonds. The van der Waals surface area contributed by atoms with E-state index in [1.54, 1.807) is 0 Å². The van der Waals surface area contributed by atoms with E-state index in [9.17, 15) is 0 Å². The molecule has 2 rings (SSSR count). The van der Waals surface area contributed by atoms with Crippen LogP contribution in [0.1, 0.15) is 18.1 Å². The molecule has 1 aromatic rings. The molecule has 1 aromatic carbocycles. The molecule has 0 saturated heterocycles. The number of benzene rings is 1.